The Labute approximate surface area is 168 Å². The minimum absolute atomic E-state index is 0.0215. The number of thiazole rings is 1. The average Bonchev–Trinajstić information content (AvgIpc) is 2.97. The topological polar surface area (TPSA) is 62.3 Å². The van der Waals surface area contributed by atoms with E-state index in [2.05, 4.69) is 10.3 Å². The lowest BCUT2D eigenvalue weighted by atomic mass is 9.93. The van der Waals surface area contributed by atoms with Crippen molar-refractivity contribution in [3.8, 4) is 0 Å². The lowest BCUT2D eigenvalue weighted by Gasteiger charge is -2.34. The van der Waals surface area contributed by atoms with Gasteiger partial charge in [-0.2, -0.15) is 0 Å². The minimum Gasteiger partial charge on any atom is -0.326 e. The molecule has 1 aliphatic carbocycles. The number of halogens is 1. The quantitative estimate of drug-likeness (QED) is 0.775. The van der Waals surface area contributed by atoms with Gasteiger partial charge in [-0.25, -0.2) is 4.98 Å². The molecule has 1 aliphatic rings. The van der Waals surface area contributed by atoms with Crippen molar-refractivity contribution in [1.82, 2.24) is 9.88 Å². The highest BCUT2D eigenvalue weighted by Crippen LogP contribution is 2.25. The molecule has 0 atom stereocenters. The Balaban J connectivity index is 1.76. The summed E-state index contributed by atoms with van der Waals surface area (Å²) in [5.74, 6) is -0.365. The standard InChI is InChI=1S/C20H24ClN3O2S/c1-13-14(2)27-20(22-13)23-18(25)12-24(17-9-4-3-5-10-17)19(26)15-7-6-8-16(21)11-15/h6-8,11,17H,3-5,9-10,12H2,1-2H3,(H,22,23,25). The molecule has 0 aliphatic heterocycles. The second kappa shape index (κ2) is 8.85. The van der Waals surface area contributed by atoms with Crippen LogP contribution in [0.25, 0.3) is 0 Å². The highest BCUT2D eigenvalue weighted by Gasteiger charge is 2.28. The van der Waals surface area contributed by atoms with Gasteiger partial charge in [-0.15, -0.1) is 11.3 Å². The predicted octanol–water partition coefficient (Wildman–Crippen LogP) is 4.83. The van der Waals surface area contributed by atoms with Crippen LogP contribution in [0.3, 0.4) is 0 Å². The van der Waals surface area contributed by atoms with Gasteiger partial charge >= 0.3 is 0 Å². The zero-order valence-corrected chi connectivity index (χ0v) is 17.2. The van der Waals surface area contributed by atoms with Crippen molar-refractivity contribution in [1.29, 1.82) is 0 Å². The molecule has 2 amide bonds. The van der Waals surface area contributed by atoms with Crippen LogP contribution in [0, 0.1) is 13.8 Å². The van der Waals surface area contributed by atoms with Crippen molar-refractivity contribution < 1.29 is 9.59 Å². The second-order valence-electron chi connectivity index (χ2n) is 6.94. The van der Waals surface area contributed by atoms with E-state index < -0.39 is 0 Å². The minimum atomic E-state index is -0.218. The van der Waals surface area contributed by atoms with Gasteiger partial charge < -0.3 is 10.2 Å². The Hall–Kier alpha value is -1.92. The molecule has 1 aromatic heterocycles. The summed E-state index contributed by atoms with van der Waals surface area (Å²) in [5, 5.41) is 3.93. The van der Waals surface area contributed by atoms with Gasteiger partial charge in [0, 0.05) is 21.5 Å². The van der Waals surface area contributed by atoms with Crippen molar-refractivity contribution in [3.63, 3.8) is 0 Å². The van der Waals surface area contributed by atoms with Crippen molar-refractivity contribution in [2.75, 3.05) is 11.9 Å². The lowest BCUT2D eigenvalue weighted by molar-refractivity contribution is -0.117. The third-order valence-electron chi connectivity index (χ3n) is 4.94. The summed E-state index contributed by atoms with van der Waals surface area (Å²) in [6.07, 6.45) is 5.19. The number of nitrogens with one attached hydrogen (secondary N) is 1. The molecule has 5 nitrogen and oxygen atoms in total. The van der Waals surface area contributed by atoms with Crippen LogP contribution >= 0.6 is 22.9 Å². The Morgan fingerprint density at radius 1 is 1.26 bits per heavy atom. The molecular formula is C20H24ClN3O2S. The molecule has 27 heavy (non-hydrogen) atoms. The van der Waals surface area contributed by atoms with Gasteiger partial charge in [-0.05, 0) is 44.9 Å². The molecule has 0 unspecified atom stereocenters. The molecule has 3 rings (SSSR count). The number of benzene rings is 1. The molecule has 1 heterocycles. The molecule has 1 aromatic carbocycles. The molecule has 144 valence electrons. The number of carbonyl (C=O) groups is 2. The molecule has 7 heteroatoms. The number of rotatable bonds is 5. The third kappa shape index (κ3) is 5.08. The van der Waals surface area contributed by atoms with Crippen LogP contribution in [-0.2, 0) is 4.79 Å². The van der Waals surface area contributed by atoms with E-state index in [9.17, 15) is 9.59 Å². The van der Waals surface area contributed by atoms with Crippen LogP contribution in [0.4, 0.5) is 5.13 Å². The van der Waals surface area contributed by atoms with Gasteiger partial charge in [0.05, 0.1) is 5.69 Å². The van der Waals surface area contributed by atoms with Crippen LogP contribution in [0.1, 0.15) is 53.0 Å². The first-order valence-electron chi connectivity index (χ1n) is 9.24. The van der Waals surface area contributed by atoms with Crippen LogP contribution in [0.2, 0.25) is 5.02 Å². The Morgan fingerprint density at radius 2 is 2.00 bits per heavy atom. The number of hydrogen-bond acceptors (Lipinski definition) is 4. The Bertz CT molecular complexity index is 811. The molecular weight excluding hydrogens is 382 g/mol. The summed E-state index contributed by atoms with van der Waals surface area (Å²) < 4.78 is 0. The molecule has 0 radical (unpaired) electrons. The van der Waals surface area contributed by atoms with E-state index >= 15 is 0 Å². The van der Waals surface area contributed by atoms with Gasteiger partial charge in [-0.3, -0.25) is 9.59 Å². The van der Waals surface area contributed by atoms with Crippen molar-refractivity contribution in [3.05, 3.63) is 45.4 Å². The number of hydrogen-bond donors (Lipinski definition) is 1. The van der Waals surface area contributed by atoms with E-state index in [4.69, 9.17) is 11.6 Å². The van der Waals surface area contributed by atoms with Gasteiger partial charge in [0.25, 0.3) is 5.91 Å². The fourth-order valence-electron chi connectivity index (χ4n) is 3.39. The van der Waals surface area contributed by atoms with Crippen LogP contribution in [0.15, 0.2) is 24.3 Å². The van der Waals surface area contributed by atoms with E-state index in [0.717, 1.165) is 36.3 Å². The summed E-state index contributed by atoms with van der Waals surface area (Å²) in [7, 11) is 0. The smallest absolute Gasteiger partial charge is 0.254 e. The maximum Gasteiger partial charge on any atom is 0.254 e. The van der Waals surface area contributed by atoms with E-state index in [1.807, 2.05) is 13.8 Å². The molecule has 1 N–H and O–H groups in total. The number of amides is 2. The van der Waals surface area contributed by atoms with Gasteiger partial charge in [0.1, 0.15) is 6.54 Å². The molecule has 0 saturated heterocycles. The van der Waals surface area contributed by atoms with Gasteiger partial charge in [0.2, 0.25) is 5.91 Å². The molecule has 0 bridgehead atoms. The molecule has 1 saturated carbocycles. The number of anilines is 1. The number of nitrogens with zero attached hydrogens (tertiary/aromatic N) is 2. The molecule has 1 fully saturated rings. The normalized spacial score (nSPS) is 14.8. The number of aromatic nitrogens is 1. The van der Waals surface area contributed by atoms with Crippen LogP contribution in [-0.4, -0.2) is 34.3 Å². The first-order chi connectivity index (χ1) is 12.9. The van der Waals surface area contributed by atoms with Crippen molar-refractivity contribution >= 4 is 39.9 Å². The lowest BCUT2D eigenvalue weighted by Crippen LogP contribution is -2.45. The van der Waals surface area contributed by atoms with Crippen LogP contribution in [0.5, 0.6) is 0 Å². The third-order valence-corrected chi connectivity index (χ3v) is 6.16. The summed E-state index contributed by atoms with van der Waals surface area (Å²) in [6, 6.07) is 6.98. The maximum absolute atomic E-state index is 13.1. The summed E-state index contributed by atoms with van der Waals surface area (Å²) >= 11 is 7.50. The summed E-state index contributed by atoms with van der Waals surface area (Å²) in [4.78, 5) is 32.9. The second-order valence-corrected chi connectivity index (χ2v) is 8.58. The number of carbonyl (C=O) groups excluding carboxylic acids is 2. The van der Waals surface area contributed by atoms with Crippen LogP contribution < -0.4 is 5.32 Å². The van der Waals surface area contributed by atoms with E-state index in [-0.39, 0.29) is 24.4 Å². The van der Waals surface area contributed by atoms with E-state index in [0.29, 0.717) is 15.7 Å². The van der Waals surface area contributed by atoms with Crippen molar-refractivity contribution in [2.45, 2.75) is 52.0 Å². The number of aryl methyl sites for hydroxylation is 2. The predicted molar refractivity (Wildman–Crippen MR) is 110 cm³/mol. The molecule has 0 spiro atoms. The van der Waals surface area contributed by atoms with Crippen molar-refractivity contribution in [2.24, 2.45) is 0 Å². The summed E-state index contributed by atoms with van der Waals surface area (Å²) in [5.41, 5.74) is 1.43. The SMILES string of the molecule is Cc1nc(NC(=O)CN(C(=O)c2cccc(Cl)c2)C2CCCCC2)sc1C. The zero-order valence-electron chi connectivity index (χ0n) is 15.6. The highest BCUT2D eigenvalue weighted by molar-refractivity contribution is 7.15. The molecule has 2 aromatic rings. The highest BCUT2D eigenvalue weighted by atomic mass is 35.5. The Morgan fingerprint density at radius 3 is 2.63 bits per heavy atom. The van der Waals surface area contributed by atoms with Gasteiger partial charge in [-0.1, -0.05) is 36.9 Å². The van der Waals surface area contributed by atoms with E-state index in [1.54, 1.807) is 29.2 Å². The Kier molecular flexibility index (Phi) is 6.50. The fourth-order valence-corrected chi connectivity index (χ4v) is 4.41. The average molecular weight is 406 g/mol. The van der Waals surface area contributed by atoms with Gasteiger partial charge in [0.15, 0.2) is 5.13 Å². The monoisotopic (exact) mass is 405 g/mol. The maximum atomic E-state index is 13.1. The summed E-state index contributed by atoms with van der Waals surface area (Å²) in [6.45, 7) is 3.91. The fraction of sp³-hybridized carbons (Fsp3) is 0.450. The largest absolute Gasteiger partial charge is 0.326 e. The zero-order chi connectivity index (χ0) is 19.4. The first-order valence-corrected chi connectivity index (χ1v) is 10.4. The first kappa shape index (κ1) is 19.8. The van der Waals surface area contributed by atoms with E-state index in [1.165, 1.54) is 17.8 Å².